The van der Waals surface area contributed by atoms with Crippen molar-refractivity contribution in [3.05, 3.63) is 28.8 Å². The summed E-state index contributed by atoms with van der Waals surface area (Å²) in [7, 11) is 2.18. The quantitative estimate of drug-likeness (QED) is 0.471. The molecule has 0 amide bonds. The standard InChI is InChI=1S/C24H41ClN6/c1-4-6-12-30-13-10-20(11-14-30)28-24(26-5-2)27-19-21-22(25)8-7-9-23(21)31-17-15-29(3)16-18-31/h7-9,20H,4-6,10-19H2,1-3H3,(H2,26,27,28). The number of hydrogen-bond donors (Lipinski definition) is 2. The molecule has 6 nitrogen and oxygen atoms in total. The van der Waals surface area contributed by atoms with Gasteiger partial charge in [-0.15, -0.1) is 0 Å². The maximum Gasteiger partial charge on any atom is 0.191 e. The normalized spacial score (nSPS) is 19.6. The summed E-state index contributed by atoms with van der Waals surface area (Å²) < 4.78 is 0. The second-order valence-corrected chi connectivity index (χ2v) is 9.24. The number of likely N-dealkylation sites (tertiary alicyclic amines) is 1. The van der Waals surface area contributed by atoms with Crippen LogP contribution in [0.2, 0.25) is 5.02 Å². The van der Waals surface area contributed by atoms with Gasteiger partial charge in [0.25, 0.3) is 0 Å². The Hall–Kier alpha value is -1.50. The molecule has 2 heterocycles. The van der Waals surface area contributed by atoms with Crippen LogP contribution in [0.3, 0.4) is 0 Å². The monoisotopic (exact) mass is 448 g/mol. The van der Waals surface area contributed by atoms with Gasteiger partial charge in [-0.2, -0.15) is 0 Å². The minimum absolute atomic E-state index is 0.485. The molecule has 3 rings (SSSR count). The van der Waals surface area contributed by atoms with Crippen LogP contribution >= 0.6 is 11.6 Å². The van der Waals surface area contributed by atoms with Crippen LogP contribution in [0, 0.1) is 0 Å². The van der Waals surface area contributed by atoms with Crippen molar-refractivity contribution in [3.8, 4) is 0 Å². The number of nitrogens with one attached hydrogen (secondary N) is 2. The van der Waals surface area contributed by atoms with Gasteiger partial charge in [-0.1, -0.05) is 31.0 Å². The van der Waals surface area contributed by atoms with Crippen LogP contribution in [0.4, 0.5) is 5.69 Å². The molecule has 0 saturated carbocycles. The second-order valence-electron chi connectivity index (χ2n) is 8.84. The molecule has 31 heavy (non-hydrogen) atoms. The largest absolute Gasteiger partial charge is 0.369 e. The van der Waals surface area contributed by atoms with Crippen molar-refractivity contribution < 1.29 is 0 Å². The fourth-order valence-corrected chi connectivity index (χ4v) is 4.63. The number of halogens is 1. The van der Waals surface area contributed by atoms with Gasteiger partial charge in [-0.3, -0.25) is 0 Å². The van der Waals surface area contributed by atoms with Crippen LogP contribution in [-0.4, -0.2) is 81.2 Å². The van der Waals surface area contributed by atoms with Crippen molar-refractivity contribution >= 4 is 23.2 Å². The fraction of sp³-hybridized carbons (Fsp3) is 0.708. The van der Waals surface area contributed by atoms with E-state index in [4.69, 9.17) is 16.6 Å². The van der Waals surface area contributed by atoms with Gasteiger partial charge in [0.2, 0.25) is 0 Å². The SMILES string of the molecule is CCCCN1CCC(NC(=NCc2c(Cl)cccc2N2CCN(C)CC2)NCC)CC1. The van der Waals surface area contributed by atoms with E-state index in [-0.39, 0.29) is 0 Å². The fourth-order valence-electron chi connectivity index (χ4n) is 4.40. The molecule has 2 saturated heterocycles. The zero-order valence-electron chi connectivity index (χ0n) is 19.7. The number of likely N-dealkylation sites (N-methyl/N-ethyl adjacent to an activating group) is 1. The van der Waals surface area contributed by atoms with Gasteiger partial charge in [0.1, 0.15) is 0 Å². The Bertz CT molecular complexity index is 693. The summed E-state index contributed by atoms with van der Waals surface area (Å²) in [6.45, 7) is 13.6. The van der Waals surface area contributed by atoms with Crippen molar-refractivity contribution in [3.63, 3.8) is 0 Å². The zero-order chi connectivity index (χ0) is 22.1. The van der Waals surface area contributed by atoms with Crippen LogP contribution in [0.25, 0.3) is 0 Å². The van der Waals surface area contributed by atoms with E-state index < -0.39 is 0 Å². The number of benzene rings is 1. The molecular formula is C24H41ClN6. The first-order chi connectivity index (χ1) is 15.1. The van der Waals surface area contributed by atoms with Gasteiger partial charge >= 0.3 is 0 Å². The molecule has 0 radical (unpaired) electrons. The predicted molar refractivity (Wildman–Crippen MR) is 133 cm³/mol. The lowest BCUT2D eigenvalue weighted by Gasteiger charge is -2.35. The number of unbranched alkanes of at least 4 members (excludes halogenated alkanes) is 1. The number of rotatable bonds is 8. The molecule has 0 bridgehead atoms. The van der Waals surface area contributed by atoms with Crippen LogP contribution in [0.15, 0.2) is 23.2 Å². The molecule has 2 N–H and O–H groups in total. The Morgan fingerprint density at radius 3 is 2.52 bits per heavy atom. The third-order valence-electron chi connectivity index (χ3n) is 6.43. The summed E-state index contributed by atoms with van der Waals surface area (Å²) in [4.78, 5) is 12.4. The maximum atomic E-state index is 6.63. The predicted octanol–water partition coefficient (Wildman–Crippen LogP) is 3.41. The topological polar surface area (TPSA) is 46.1 Å². The van der Waals surface area contributed by atoms with Gasteiger partial charge in [0, 0.05) is 68.1 Å². The lowest BCUT2D eigenvalue weighted by molar-refractivity contribution is 0.203. The molecule has 2 aliphatic heterocycles. The number of guanidine groups is 1. The molecule has 0 aliphatic carbocycles. The van der Waals surface area contributed by atoms with E-state index in [1.807, 2.05) is 6.07 Å². The summed E-state index contributed by atoms with van der Waals surface area (Å²) in [5.74, 6) is 0.902. The molecule has 0 unspecified atom stereocenters. The van der Waals surface area contributed by atoms with E-state index in [0.29, 0.717) is 12.6 Å². The highest BCUT2D eigenvalue weighted by Crippen LogP contribution is 2.29. The van der Waals surface area contributed by atoms with Crippen molar-refractivity contribution in [1.29, 1.82) is 0 Å². The van der Waals surface area contributed by atoms with Crippen LogP contribution < -0.4 is 15.5 Å². The first kappa shape index (κ1) is 24.1. The zero-order valence-corrected chi connectivity index (χ0v) is 20.4. The molecule has 174 valence electrons. The number of piperazine rings is 1. The molecule has 1 aromatic carbocycles. The van der Waals surface area contributed by atoms with Crippen LogP contribution in [0.1, 0.15) is 45.1 Å². The van der Waals surface area contributed by atoms with E-state index in [1.54, 1.807) is 0 Å². The van der Waals surface area contributed by atoms with Crippen molar-refractivity contribution in [1.82, 2.24) is 20.4 Å². The Morgan fingerprint density at radius 2 is 1.84 bits per heavy atom. The Balaban J connectivity index is 1.63. The molecule has 0 spiro atoms. The number of aliphatic imine (C=N–C) groups is 1. The summed E-state index contributed by atoms with van der Waals surface area (Å²) in [6, 6.07) is 6.71. The molecule has 7 heteroatoms. The summed E-state index contributed by atoms with van der Waals surface area (Å²) in [5, 5.41) is 7.91. The van der Waals surface area contributed by atoms with Gasteiger partial charge in [0.05, 0.1) is 6.54 Å². The van der Waals surface area contributed by atoms with E-state index in [1.165, 1.54) is 51.0 Å². The minimum Gasteiger partial charge on any atom is -0.369 e. The van der Waals surface area contributed by atoms with Crippen LogP contribution in [0.5, 0.6) is 0 Å². The highest BCUT2D eigenvalue weighted by molar-refractivity contribution is 6.31. The molecule has 1 aromatic rings. The Morgan fingerprint density at radius 1 is 1.10 bits per heavy atom. The Kier molecular flexibility index (Phi) is 9.75. The third-order valence-corrected chi connectivity index (χ3v) is 6.79. The number of anilines is 1. The van der Waals surface area contributed by atoms with Gasteiger partial charge < -0.3 is 25.3 Å². The van der Waals surface area contributed by atoms with Crippen molar-refractivity contribution in [2.75, 3.05) is 64.3 Å². The summed E-state index contributed by atoms with van der Waals surface area (Å²) >= 11 is 6.63. The maximum absolute atomic E-state index is 6.63. The van der Waals surface area contributed by atoms with E-state index in [0.717, 1.165) is 49.3 Å². The number of hydrogen-bond acceptors (Lipinski definition) is 4. The molecule has 2 fully saturated rings. The molecule has 2 aliphatic rings. The minimum atomic E-state index is 0.485. The summed E-state index contributed by atoms with van der Waals surface area (Å²) in [5.41, 5.74) is 2.35. The second kappa shape index (κ2) is 12.5. The lowest BCUT2D eigenvalue weighted by Crippen LogP contribution is -2.48. The lowest BCUT2D eigenvalue weighted by atomic mass is 10.0. The molecule has 0 atom stereocenters. The van der Waals surface area contributed by atoms with Crippen LogP contribution in [-0.2, 0) is 6.54 Å². The third kappa shape index (κ3) is 7.26. The average Bonchev–Trinajstić information content (AvgIpc) is 2.78. The van der Waals surface area contributed by atoms with E-state index in [9.17, 15) is 0 Å². The van der Waals surface area contributed by atoms with Gasteiger partial charge in [0.15, 0.2) is 5.96 Å². The summed E-state index contributed by atoms with van der Waals surface area (Å²) in [6.07, 6.45) is 4.92. The highest BCUT2D eigenvalue weighted by atomic mass is 35.5. The molecule has 0 aromatic heterocycles. The Labute approximate surface area is 194 Å². The first-order valence-electron chi connectivity index (χ1n) is 12.1. The van der Waals surface area contributed by atoms with E-state index in [2.05, 4.69) is 58.4 Å². The van der Waals surface area contributed by atoms with Crippen molar-refractivity contribution in [2.24, 2.45) is 4.99 Å². The number of piperidine rings is 1. The van der Waals surface area contributed by atoms with E-state index >= 15 is 0 Å². The first-order valence-corrected chi connectivity index (χ1v) is 12.5. The van der Waals surface area contributed by atoms with Gasteiger partial charge in [-0.05, 0) is 51.9 Å². The van der Waals surface area contributed by atoms with Crippen molar-refractivity contribution in [2.45, 2.75) is 52.1 Å². The van der Waals surface area contributed by atoms with Gasteiger partial charge in [-0.25, -0.2) is 4.99 Å². The molecular weight excluding hydrogens is 408 g/mol. The number of nitrogens with zero attached hydrogens (tertiary/aromatic N) is 4. The smallest absolute Gasteiger partial charge is 0.191 e. The highest BCUT2D eigenvalue weighted by Gasteiger charge is 2.21. The average molecular weight is 449 g/mol.